The summed E-state index contributed by atoms with van der Waals surface area (Å²) in [5.74, 6) is 2.16. The van der Waals surface area contributed by atoms with Crippen LogP contribution in [0.1, 0.15) is 242 Å². The van der Waals surface area contributed by atoms with Crippen molar-refractivity contribution in [2.75, 3.05) is 20.3 Å². The fourth-order valence-electron chi connectivity index (χ4n) is 20.7. The standard InChI is InChI=1S/C29H28FNO3.C28H27F2NO2.C24H24Cl2O2.C24H25ClO3.C24H27ClO2/c1-17(32)28(34-29(2,3)4)25-20(16-30)15-19-7-5-6-8-21(19)26(25)22-9-10-23-24-18(12-14-33-23)11-13-31-27(22)24;1-16(33-28(2,3)4)23-21(27(29)30)15-18-7-5-6-8-19(18)25(23)20-9-10-22-24-17(12-14-32-22)11-13-31-26(20)24;1-14-12-16-8-6-7-9-18(16)22(19-11-10-17(25)13-20(19)26)21(14)23(15(2)27)28-24(3,4)5;1-15(27)23(28-24(2,3)4)22-18(14-26)13-17-7-5-6-8-20(17)21(22)16-9-11-19(25)12-10-16;1-15-14-20-19(8-7-9-21(20)26-6)23(17-10-12-18(25)13-11-17)22(15)16(2)27-24(3,4)5/h5-11,13,15,28H,12,14,16H2,1-4H3;5-11,13,15-16,27H,12,14H2,1-4H3;6-13,23H,1-5H3;5-13,23,26H,14H2,1-4H3;7-14,16H,1-6H3/t28-;16-;2*23-;16-/m11111/s1. The highest BCUT2D eigenvalue weighted by atomic mass is 35.5. The normalized spacial score (nSPS) is 13.6. The first-order valence-corrected chi connectivity index (χ1v) is 52.2. The van der Waals surface area contributed by atoms with Gasteiger partial charge < -0.3 is 43.0 Å². The third kappa shape index (κ3) is 25.3. The van der Waals surface area contributed by atoms with Gasteiger partial charge in [-0.1, -0.05) is 192 Å². The SMILES string of the molecule is CC(=O)[C@@H](OC(C)(C)C)c1c(C)cc2ccccc2c1-c1ccc(Cl)cc1Cl.CC(=O)[C@@H](OC(C)(C)C)c1c(CF)cc2ccccc2c1-c1ccc2c3c(ccnc13)CCO2.CC(=O)[C@@H](OC(C)(C)C)c1c(CO)cc2ccccc2c1-c1ccc(Cl)cc1.COc1cccc2c(-c3ccc(Cl)cc3)c([C@@H](C)OC(C)(C)C)c(C)cc12.C[C@@H](OC(C)(C)C)c1c(C(F)F)cc2ccccc2c1-c1ccc2c3c(ccnc13)CCO2. The monoisotopic (exact) mass is 2100 g/mol. The molecule has 0 bridgehead atoms. The van der Waals surface area contributed by atoms with Gasteiger partial charge in [-0.2, -0.15) is 0 Å². The van der Waals surface area contributed by atoms with Crippen molar-refractivity contribution in [3.8, 4) is 72.9 Å². The van der Waals surface area contributed by atoms with Crippen LogP contribution in [-0.2, 0) is 64.2 Å². The molecule has 0 saturated carbocycles. The maximum atomic E-state index is 14.6. The maximum Gasteiger partial charge on any atom is 0.264 e. The molecule has 2 aliphatic rings. The van der Waals surface area contributed by atoms with Crippen LogP contribution in [0.4, 0.5) is 13.2 Å². The van der Waals surface area contributed by atoms with Crippen molar-refractivity contribution in [3.63, 3.8) is 0 Å². The van der Waals surface area contributed by atoms with Crippen LogP contribution in [0.3, 0.4) is 0 Å². The Labute approximate surface area is 898 Å². The number of Topliss-reactive ketones (excluding diaryl/α,β-unsaturated/α-hetero) is 3. The summed E-state index contributed by atoms with van der Waals surface area (Å²) < 4.78 is 92.2. The Morgan fingerprint density at radius 1 is 0.387 bits per heavy atom. The molecule has 0 saturated heterocycles. The summed E-state index contributed by atoms with van der Waals surface area (Å²) in [7, 11) is 1.71. The van der Waals surface area contributed by atoms with E-state index in [0.29, 0.717) is 56.1 Å². The molecule has 21 heteroatoms. The fourth-order valence-corrected chi connectivity index (χ4v) is 21.4. The lowest BCUT2D eigenvalue weighted by Crippen LogP contribution is -2.27. The van der Waals surface area contributed by atoms with Gasteiger partial charge in [0, 0.05) is 94.9 Å². The summed E-state index contributed by atoms with van der Waals surface area (Å²) in [5, 5.41) is 24.4. The number of nitrogens with zero attached hydrogens (tertiary/aromatic N) is 2. The number of aromatic nitrogens is 2. The van der Waals surface area contributed by atoms with Crippen molar-refractivity contribution >= 4 is 139 Å². The van der Waals surface area contributed by atoms with Crippen LogP contribution in [0.15, 0.2) is 261 Å². The minimum atomic E-state index is -2.63. The first-order chi connectivity index (χ1) is 71.0. The number of aliphatic hydroxyl groups is 1. The third-order valence-corrected chi connectivity index (χ3v) is 27.3. The number of alkyl halides is 3. The summed E-state index contributed by atoms with van der Waals surface area (Å²) >= 11 is 25.0. The predicted octanol–water partition coefficient (Wildman–Crippen LogP) is 35.7. The van der Waals surface area contributed by atoms with E-state index in [0.717, 1.165) is 178 Å². The number of rotatable bonds is 22. The molecule has 19 rings (SSSR count). The first kappa shape index (κ1) is 112. The molecule has 4 heterocycles. The second-order valence-electron chi connectivity index (χ2n) is 43.3. The average molecular weight is 2100 g/mol. The van der Waals surface area contributed by atoms with Gasteiger partial charge in [-0.25, -0.2) is 13.2 Å². The molecular formula is C129H131Cl4F3N2O12. The highest BCUT2D eigenvalue weighted by molar-refractivity contribution is 6.37. The molecule has 0 spiro atoms. The zero-order valence-corrected chi connectivity index (χ0v) is 92.5. The lowest BCUT2D eigenvalue weighted by molar-refractivity contribution is -0.139. The molecular weight excluding hydrogens is 1970 g/mol. The Kier molecular flexibility index (Phi) is 34.5. The number of hydrogen-bond donors (Lipinski definition) is 1. The number of halogens is 7. The Bertz CT molecular complexity index is 7910. The molecule has 150 heavy (non-hydrogen) atoms. The van der Waals surface area contributed by atoms with Gasteiger partial charge in [0.2, 0.25) is 0 Å². The zero-order valence-electron chi connectivity index (χ0n) is 89.5. The van der Waals surface area contributed by atoms with Gasteiger partial charge in [0.1, 0.15) is 42.2 Å². The quantitative estimate of drug-likeness (QED) is 0.0679. The van der Waals surface area contributed by atoms with Crippen LogP contribution in [0.2, 0.25) is 20.1 Å². The summed E-state index contributed by atoms with van der Waals surface area (Å²) in [4.78, 5) is 47.7. The molecule has 2 aliphatic heterocycles. The predicted molar refractivity (Wildman–Crippen MR) is 609 cm³/mol. The number of methoxy groups -OCH3 is 1. The van der Waals surface area contributed by atoms with E-state index in [1.807, 2.05) is 303 Å². The van der Waals surface area contributed by atoms with E-state index in [1.54, 1.807) is 32.4 Å². The number of fused-ring (bicyclic) bond motifs is 5. The summed E-state index contributed by atoms with van der Waals surface area (Å²) in [6.07, 6.45) is -0.403. The van der Waals surface area contributed by atoms with Crippen molar-refractivity contribution in [3.05, 3.63) is 348 Å². The van der Waals surface area contributed by atoms with E-state index in [2.05, 4.69) is 71.0 Å². The molecule has 17 aromatic rings. The number of aliphatic hydroxyl groups excluding tert-OH is 1. The smallest absolute Gasteiger partial charge is 0.264 e. The largest absolute Gasteiger partial charge is 0.496 e. The minimum absolute atomic E-state index is 0.00262. The number of benzene rings is 15. The summed E-state index contributed by atoms with van der Waals surface area (Å²) in [6, 6.07) is 80.3. The Hall–Kier alpha value is -12.5. The number of carbonyl (C=O) groups is 3. The van der Waals surface area contributed by atoms with Crippen molar-refractivity contribution in [2.45, 2.75) is 243 Å². The number of hydrogen-bond acceptors (Lipinski definition) is 14. The Morgan fingerprint density at radius 2 is 0.753 bits per heavy atom. The van der Waals surface area contributed by atoms with Crippen LogP contribution >= 0.6 is 46.4 Å². The van der Waals surface area contributed by atoms with Gasteiger partial charge in [-0.05, 0) is 393 Å². The Morgan fingerprint density at radius 3 is 1.17 bits per heavy atom. The van der Waals surface area contributed by atoms with Gasteiger partial charge >= 0.3 is 0 Å². The molecule has 1 N–H and O–H groups in total. The number of ketones is 3. The van der Waals surface area contributed by atoms with Gasteiger partial charge in [-0.15, -0.1) is 0 Å². The van der Waals surface area contributed by atoms with E-state index < -0.39 is 59.9 Å². The molecule has 2 aromatic heterocycles. The van der Waals surface area contributed by atoms with Crippen molar-refractivity contribution in [1.29, 1.82) is 0 Å². The second-order valence-corrected chi connectivity index (χ2v) is 45.0. The number of pyridine rings is 2. The molecule has 0 fully saturated rings. The summed E-state index contributed by atoms with van der Waals surface area (Å²) in [5.41, 5.74) is 17.8. The average Bonchev–Trinajstić information content (AvgIpc) is 0.734. The molecule has 0 amide bonds. The highest BCUT2D eigenvalue weighted by Gasteiger charge is 2.38. The topological polar surface area (TPSA) is 171 Å². The van der Waals surface area contributed by atoms with Crippen molar-refractivity contribution in [1.82, 2.24) is 9.97 Å². The van der Waals surface area contributed by atoms with E-state index in [-0.39, 0.29) is 41.2 Å². The molecule has 5 atom stereocenters. The van der Waals surface area contributed by atoms with Gasteiger partial charge in [0.25, 0.3) is 6.43 Å². The van der Waals surface area contributed by atoms with E-state index in [1.165, 1.54) is 36.1 Å². The molecule has 0 radical (unpaired) electrons. The number of carbonyl (C=O) groups excluding carboxylic acids is 3. The number of ether oxygens (including phenoxy) is 8. The van der Waals surface area contributed by atoms with Gasteiger partial charge in [0.05, 0.1) is 78.2 Å². The van der Waals surface area contributed by atoms with Crippen molar-refractivity contribution in [2.24, 2.45) is 0 Å². The van der Waals surface area contributed by atoms with E-state index in [4.69, 9.17) is 94.3 Å². The van der Waals surface area contributed by atoms with Crippen LogP contribution in [0, 0.1) is 13.8 Å². The lowest BCUT2D eigenvalue weighted by Gasteiger charge is -2.30. The second kappa shape index (κ2) is 46.4. The zero-order chi connectivity index (χ0) is 108. The summed E-state index contributed by atoms with van der Waals surface area (Å²) in [6.45, 7) is 42.5. The first-order valence-electron chi connectivity index (χ1n) is 50.7. The maximum absolute atomic E-state index is 14.6. The van der Waals surface area contributed by atoms with Crippen LogP contribution in [0.5, 0.6) is 17.2 Å². The van der Waals surface area contributed by atoms with Crippen LogP contribution < -0.4 is 14.2 Å². The molecule has 14 nitrogen and oxygen atoms in total. The molecule has 15 aromatic carbocycles. The molecule has 0 unspecified atom stereocenters. The molecule has 0 aliphatic carbocycles. The van der Waals surface area contributed by atoms with Gasteiger partial charge in [-0.3, -0.25) is 24.4 Å². The van der Waals surface area contributed by atoms with E-state index >= 15 is 0 Å². The van der Waals surface area contributed by atoms with E-state index in [9.17, 15) is 32.7 Å². The third-order valence-electron chi connectivity index (χ3n) is 26.3. The minimum Gasteiger partial charge on any atom is -0.496 e. The highest BCUT2D eigenvalue weighted by Crippen LogP contribution is 2.53. The molecule has 778 valence electrons. The number of aryl methyl sites for hydroxylation is 2. The lowest BCUT2D eigenvalue weighted by atomic mass is 9.84. The Balaban J connectivity index is 0.000000141. The fraction of sp³-hybridized carbons (Fsp3) is 0.310. The van der Waals surface area contributed by atoms with Crippen molar-refractivity contribution < 1.29 is 70.6 Å². The van der Waals surface area contributed by atoms with Crippen LogP contribution in [0.25, 0.3) is 131 Å². The van der Waals surface area contributed by atoms with Crippen LogP contribution in [-0.4, -0.2) is 80.8 Å². The van der Waals surface area contributed by atoms with Gasteiger partial charge in [0.15, 0.2) is 17.3 Å².